The molecule has 1 N–H and O–H groups in total. The first-order valence-corrected chi connectivity index (χ1v) is 11.5. The van der Waals surface area contributed by atoms with Crippen LogP contribution in [0.2, 0.25) is 0 Å². The maximum absolute atomic E-state index is 10.0. The second-order valence-corrected chi connectivity index (χ2v) is 8.34. The van der Waals surface area contributed by atoms with E-state index >= 15 is 0 Å². The second kappa shape index (κ2) is 12.6. The zero-order chi connectivity index (χ0) is 22.7. The van der Waals surface area contributed by atoms with Crippen molar-refractivity contribution in [2.45, 2.75) is 38.1 Å². The molecular weight excluding hydrogens is 416 g/mol. The monoisotopic (exact) mass is 448 g/mol. The summed E-state index contributed by atoms with van der Waals surface area (Å²) in [5.74, 6) is -0.167. The zero-order valence-corrected chi connectivity index (χ0v) is 18.8. The van der Waals surface area contributed by atoms with Crippen LogP contribution in [0.3, 0.4) is 0 Å². The van der Waals surface area contributed by atoms with Gasteiger partial charge in [0.15, 0.2) is 0 Å². The molecule has 0 unspecified atom stereocenters. The predicted octanol–water partition coefficient (Wildman–Crippen LogP) is 4.38. The van der Waals surface area contributed by atoms with Crippen molar-refractivity contribution in [1.82, 2.24) is 0 Å². The first-order valence-electron chi connectivity index (χ1n) is 11.5. The number of aliphatic hydroxyl groups excluding tert-OH is 1. The van der Waals surface area contributed by atoms with E-state index in [4.69, 9.17) is 18.9 Å². The van der Waals surface area contributed by atoms with Gasteiger partial charge in [0.2, 0.25) is 0 Å². The van der Waals surface area contributed by atoms with Crippen LogP contribution in [0, 0.1) is 5.92 Å². The van der Waals surface area contributed by atoms with Gasteiger partial charge in [-0.1, -0.05) is 91.0 Å². The van der Waals surface area contributed by atoms with Crippen molar-refractivity contribution in [3.05, 3.63) is 108 Å². The molecule has 4 atom stereocenters. The molecule has 0 spiro atoms. The average Bonchev–Trinajstić information content (AvgIpc) is 2.88. The molecule has 0 radical (unpaired) electrons. The van der Waals surface area contributed by atoms with Crippen molar-refractivity contribution in [1.29, 1.82) is 0 Å². The molecule has 174 valence electrons. The molecule has 3 aromatic rings. The maximum Gasteiger partial charge on any atom is 0.113 e. The topological polar surface area (TPSA) is 57.2 Å². The van der Waals surface area contributed by atoms with Crippen LogP contribution in [-0.2, 0) is 38.8 Å². The Balaban J connectivity index is 1.45. The highest BCUT2D eigenvalue weighted by Gasteiger charge is 2.42. The molecule has 0 amide bonds. The molecule has 0 aromatic heterocycles. The first kappa shape index (κ1) is 23.6. The van der Waals surface area contributed by atoms with Crippen molar-refractivity contribution in [3.63, 3.8) is 0 Å². The van der Waals surface area contributed by atoms with Gasteiger partial charge in [0.25, 0.3) is 0 Å². The SMILES string of the molecule is OC[C@@H]1CO[C@H](COCc2ccccc2)[C@H](OCc2ccccc2)[C@@H]1OCc1ccccc1. The smallest absolute Gasteiger partial charge is 0.113 e. The van der Waals surface area contributed by atoms with E-state index in [1.165, 1.54) is 0 Å². The molecule has 1 saturated heterocycles. The number of ether oxygens (including phenoxy) is 4. The highest BCUT2D eigenvalue weighted by molar-refractivity contribution is 5.15. The third kappa shape index (κ3) is 6.97. The normalized spacial score (nSPS) is 22.8. The maximum atomic E-state index is 10.0. The fraction of sp³-hybridized carbons (Fsp3) is 0.357. The van der Waals surface area contributed by atoms with E-state index in [2.05, 4.69) is 0 Å². The van der Waals surface area contributed by atoms with Crippen molar-refractivity contribution in [2.75, 3.05) is 19.8 Å². The average molecular weight is 449 g/mol. The van der Waals surface area contributed by atoms with E-state index < -0.39 is 0 Å². The summed E-state index contributed by atoms with van der Waals surface area (Å²) < 4.78 is 24.8. The minimum absolute atomic E-state index is 0.0255. The minimum Gasteiger partial charge on any atom is -0.396 e. The molecule has 3 aromatic carbocycles. The first-order chi connectivity index (χ1) is 16.3. The van der Waals surface area contributed by atoms with Crippen LogP contribution in [0.4, 0.5) is 0 Å². The molecule has 0 aliphatic carbocycles. The van der Waals surface area contributed by atoms with Crippen LogP contribution >= 0.6 is 0 Å². The van der Waals surface area contributed by atoms with Crippen molar-refractivity contribution in [2.24, 2.45) is 5.92 Å². The molecule has 5 heteroatoms. The molecule has 0 bridgehead atoms. The standard InChI is InChI=1S/C28H32O5/c29-16-25-20-31-26(21-30-17-22-10-4-1-5-11-22)28(33-19-24-14-8-3-9-15-24)27(25)32-18-23-12-6-2-7-13-23/h1-15,25-29H,16-21H2/t25-,26-,27-,28+/m1/s1. The highest BCUT2D eigenvalue weighted by Crippen LogP contribution is 2.28. The van der Waals surface area contributed by atoms with Crippen LogP contribution < -0.4 is 0 Å². The van der Waals surface area contributed by atoms with Gasteiger partial charge in [-0.2, -0.15) is 0 Å². The Morgan fingerprint density at radius 3 is 1.67 bits per heavy atom. The Morgan fingerprint density at radius 1 is 0.667 bits per heavy atom. The molecule has 1 aliphatic heterocycles. The molecular formula is C28H32O5. The van der Waals surface area contributed by atoms with Gasteiger partial charge in [-0.25, -0.2) is 0 Å². The fourth-order valence-corrected chi connectivity index (χ4v) is 4.05. The summed E-state index contributed by atoms with van der Waals surface area (Å²) in [6.45, 7) is 2.16. The molecule has 1 fully saturated rings. The van der Waals surface area contributed by atoms with Crippen LogP contribution in [0.25, 0.3) is 0 Å². The van der Waals surface area contributed by atoms with E-state index in [0.717, 1.165) is 16.7 Å². The van der Waals surface area contributed by atoms with Gasteiger partial charge in [-0.05, 0) is 16.7 Å². The summed E-state index contributed by atoms with van der Waals surface area (Å²) in [6, 6.07) is 30.2. The lowest BCUT2D eigenvalue weighted by atomic mass is 9.92. The summed E-state index contributed by atoms with van der Waals surface area (Å²) in [6.07, 6.45) is -0.963. The zero-order valence-electron chi connectivity index (χ0n) is 18.8. The van der Waals surface area contributed by atoms with Crippen LogP contribution in [0.5, 0.6) is 0 Å². The highest BCUT2D eigenvalue weighted by atomic mass is 16.6. The number of benzene rings is 3. The number of hydrogen-bond donors (Lipinski definition) is 1. The largest absolute Gasteiger partial charge is 0.396 e. The van der Waals surface area contributed by atoms with Gasteiger partial charge < -0.3 is 24.1 Å². The summed E-state index contributed by atoms with van der Waals surface area (Å²) in [5.41, 5.74) is 3.27. The third-order valence-electron chi connectivity index (χ3n) is 5.88. The lowest BCUT2D eigenvalue weighted by Gasteiger charge is -2.42. The van der Waals surface area contributed by atoms with Gasteiger partial charge in [-0.3, -0.25) is 0 Å². The number of aliphatic hydroxyl groups is 1. The van der Waals surface area contributed by atoms with Gasteiger partial charge >= 0.3 is 0 Å². The van der Waals surface area contributed by atoms with E-state index in [1.807, 2.05) is 91.0 Å². The Labute approximate surface area is 195 Å². The Morgan fingerprint density at radius 2 is 1.15 bits per heavy atom. The quantitative estimate of drug-likeness (QED) is 0.472. The molecule has 0 saturated carbocycles. The molecule has 5 nitrogen and oxygen atoms in total. The van der Waals surface area contributed by atoms with Gasteiger partial charge in [0, 0.05) is 5.92 Å². The fourth-order valence-electron chi connectivity index (χ4n) is 4.05. The third-order valence-corrected chi connectivity index (χ3v) is 5.88. The second-order valence-electron chi connectivity index (χ2n) is 8.34. The van der Waals surface area contributed by atoms with Gasteiger partial charge in [0.1, 0.15) is 12.2 Å². The molecule has 1 heterocycles. The Hall–Kier alpha value is -2.54. The molecule has 33 heavy (non-hydrogen) atoms. The predicted molar refractivity (Wildman–Crippen MR) is 126 cm³/mol. The van der Waals surface area contributed by atoms with Crippen LogP contribution in [0.15, 0.2) is 91.0 Å². The summed E-state index contributed by atoms with van der Waals surface area (Å²) in [7, 11) is 0. The van der Waals surface area contributed by atoms with E-state index in [-0.39, 0.29) is 30.8 Å². The lowest BCUT2D eigenvalue weighted by molar-refractivity contribution is -0.224. The summed E-state index contributed by atoms with van der Waals surface area (Å²) in [5, 5.41) is 10.0. The van der Waals surface area contributed by atoms with Gasteiger partial charge in [-0.15, -0.1) is 0 Å². The summed E-state index contributed by atoms with van der Waals surface area (Å²) >= 11 is 0. The van der Waals surface area contributed by atoms with Crippen molar-refractivity contribution < 1.29 is 24.1 Å². The van der Waals surface area contributed by atoms with Crippen LogP contribution in [-0.4, -0.2) is 43.2 Å². The van der Waals surface area contributed by atoms with Crippen LogP contribution in [0.1, 0.15) is 16.7 Å². The van der Waals surface area contributed by atoms with Crippen molar-refractivity contribution in [3.8, 4) is 0 Å². The summed E-state index contributed by atoms with van der Waals surface area (Å²) in [4.78, 5) is 0. The lowest BCUT2D eigenvalue weighted by Crippen LogP contribution is -2.55. The van der Waals surface area contributed by atoms with Crippen molar-refractivity contribution >= 4 is 0 Å². The molecule has 4 rings (SSSR count). The van der Waals surface area contributed by atoms with E-state index in [9.17, 15) is 5.11 Å². The Kier molecular flexibility index (Phi) is 9.04. The van der Waals surface area contributed by atoms with Gasteiger partial charge in [0.05, 0.1) is 45.7 Å². The molecule has 1 aliphatic rings. The van der Waals surface area contributed by atoms with E-state index in [1.54, 1.807) is 0 Å². The number of hydrogen-bond acceptors (Lipinski definition) is 5. The van der Waals surface area contributed by atoms with E-state index in [0.29, 0.717) is 33.0 Å². The number of rotatable bonds is 11. The Bertz CT molecular complexity index is 919. The minimum atomic E-state index is -0.365.